The Bertz CT molecular complexity index is 1240. The smallest absolute Gasteiger partial charge is 0.252 e. The maximum atomic E-state index is 14.2. The van der Waals surface area contributed by atoms with Crippen LogP contribution < -0.4 is 9.64 Å². The van der Waals surface area contributed by atoms with E-state index in [1.807, 2.05) is 26.8 Å². The number of anilines is 1. The van der Waals surface area contributed by atoms with Crippen LogP contribution in [0.4, 0.5) is 5.69 Å². The van der Waals surface area contributed by atoms with Crippen molar-refractivity contribution in [2.45, 2.75) is 70.9 Å². The molecule has 0 aromatic heterocycles. The summed E-state index contributed by atoms with van der Waals surface area (Å²) in [5.74, 6) is -0.360. The van der Waals surface area contributed by atoms with Gasteiger partial charge in [0.05, 0.1) is 29.7 Å². The van der Waals surface area contributed by atoms with Crippen molar-refractivity contribution >= 4 is 27.5 Å². The molecule has 4 rings (SSSR count). The molecule has 36 heavy (non-hydrogen) atoms. The van der Waals surface area contributed by atoms with Gasteiger partial charge in [-0.15, -0.1) is 0 Å². The lowest BCUT2D eigenvalue weighted by atomic mass is 10.0. The van der Waals surface area contributed by atoms with Gasteiger partial charge < -0.3 is 9.47 Å². The van der Waals surface area contributed by atoms with E-state index in [1.54, 1.807) is 38.1 Å². The fourth-order valence-corrected chi connectivity index (χ4v) is 7.23. The zero-order valence-corrected chi connectivity index (χ0v) is 22.4. The van der Waals surface area contributed by atoms with Gasteiger partial charge in [0.15, 0.2) is 0 Å². The summed E-state index contributed by atoms with van der Waals surface area (Å²) in [7, 11) is -4.12. The van der Waals surface area contributed by atoms with Crippen molar-refractivity contribution < 1.29 is 27.5 Å². The number of ether oxygens (including phenoxy) is 2. The van der Waals surface area contributed by atoms with E-state index in [0.29, 0.717) is 42.2 Å². The van der Waals surface area contributed by atoms with Crippen LogP contribution in [0.2, 0.25) is 0 Å². The Morgan fingerprint density at radius 3 is 2.25 bits per heavy atom. The zero-order chi connectivity index (χ0) is 26.2. The van der Waals surface area contributed by atoms with Crippen molar-refractivity contribution in [1.82, 2.24) is 4.31 Å². The number of benzene rings is 2. The van der Waals surface area contributed by atoms with Crippen LogP contribution in [0, 0.1) is 27.7 Å². The number of hydrogen-bond acceptors (Lipinski definition) is 6. The highest BCUT2D eigenvalue weighted by Crippen LogP contribution is 2.34. The molecule has 2 aliphatic rings. The molecule has 2 saturated heterocycles. The largest absolute Gasteiger partial charge is 0.494 e. The predicted octanol–water partition coefficient (Wildman–Crippen LogP) is 3.82. The molecular weight excluding hydrogens is 480 g/mol. The van der Waals surface area contributed by atoms with E-state index >= 15 is 0 Å². The summed E-state index contributed by atoms with van der Waals surface area (Å²) in [5.41, 5.74) is 3.41. The topological polar surface area (TPSA) is 93.2 Å². The normalized spacial score (nSPS) is 20.6. The van der Waals surface area contributed by atoms with Crippen LogP contribution in [0.15, 0.2) is 35.2 Å². The van der Waals surface area contributed by atoms with Crippen LogP contribution in [-0.4, -0.2) is 56.4 Å². The molecule has 2 atom stereocenters. The highest BCUT2D eigenvalue weighted by Gasteiger charge is 2.48. The van der Waals surface area contributed by atoms with E-state index in [9.17, 15) is 18.0 Å². The summed E-state index contributed by atoms with van der Waals surface area (Å²) in [5, 5.41) is 0. The lowest BCUT2D eigenvalue weighted by molar-refractivity contribution is -0.122. The molecule has 2 amide bonds. The lowest BCUT2D eigenvalue weighted by Gasteiger charge is -2.30. The number of carbonyl (C=O) groups is 2. The molecule has 2 aromatic rings. The lowest BCUT2D eigenvalue weighted by Crippen LogP contribution is -2.48. The van der Waals surface area contributed by atoms with Crippen LogP contribution in [0.5, 0.6) is 5.75 Å². The summed E-state index contributed by atoms with van der Waals surface area (Å²) in [6.07, 6.45) is 0.985. The maximum absolute atomic E-state index is 14.2. The standard InChI is InChI=1S/C27H34N2O6S/c1-6-34-22-11-9-21(10-12-22)29-25(30)15-24(27(29)31)28(16-23-8-7-13-35-23)36(32,33)26-19(4)17(2)14-18(3)20(26)5/h9-12,14,23-24H,6-8,13,15-16H2,1-5H3. The van der Waals surface area contributed by atoms with E-state index in [1.165, 1.54) is 4.31 Å². The number of rotatable bonds is 8. The number of hydrogen-bond donors (Lipinski definition) is 0. The Morgan fingerprint density at radius 2 is 1.69 bits per heavy atom. The molecule has 2 fully saturated rings. The van der Waals surface area contributed by atoms with Gasteiger partial charge in [-0.3, -0.25) is 9.59 Å². The number of aryl methyl sites for hydroxylation is 2. The third kappa shape index (κ3) is 4.79. The first-order valence-electron chi connectivity index (χ1n) is 12.4. The Kier molecular flexibility index (Phi) is 7.54. The Balaban J connectivity index is 1.75. The van der Waals surface area contributed by atoms with Crippen molar-refractivity contribution in [1.29, 1.82) is 0 Å². The molecule has 9 heteroatoms. The number of sulfonamides is 1. The minimum absolute atomic E-state index is 0.0228. The van der Waals surface area contributed by atoms with Gasteiger partial charge in [0, 0.05) is 13.2 Å². The molecule has 0 saturated carbocycles. The monoisotopic (exact) mass is 514 g/mol. The van der Waals surface area contributed by atoms with E-state index in [0.717, 1.165) is 22.4 Å². The van der Waals surface area contributed by atoms with E-state index < -0.39 is 27.9 Å². The quantitative estimate of drug-likeness (QED) is 0.497. The fraction of sp³-hybridized carbons (Fsp3) is 0.481. The summed E-state index contributed by atoms with van der Waals surface area (Å²) in [6, 6.07) is 7.48. The fourth-order valence-electron chi connectivity index (χ4n) is 5.04. The Labute approximate surface area is 213 Å². The first-order valence-corrected chi connectivity index (χ1v) is 13.8. The highest BCUT2D eigenvalue weighted by molar-refractivity contribution is 7.89. The van der Waals surface area contributed by atoms with Crippen LogP contribution in [0.3, 0.4) is 0 Å². The zero-order valence-electron chi connectivity index (χ0n) is 21.5. The predicted molar refractivity (Wildman–Crippen MR) is 137 cm³/mol. The number of imide groups is 1. The average Bonchev–Trinajstić information content (AvgIpc) is 3.44. The summed E-state index contributed by atoms with van der Waals surface area (Å²) >= 11 is 0. The van der Waals surface area contributed by atoms with Crippen LogP contribution in [-0.2, 0) is 24.3 Å². The average molecular weight is 515 g/mol. The minimum atomic E-state index is -4.12. The van der Waals surface area contributed by atoms with Gasteiger partial charge >= 0.3 is 0 Å². The molecule has 0 N–H and O–H groups in total. The second-order valence-corrected chi connectivity index (χ2v) is 11.3. The number of nitrogens with zero attached hydrogens (tertiary/aromatic N) is 2. The van der Waals surface area contributed by atoms with Crippen LogP contribution in [0.1, 0.15) is 48.4 Å². The summed E-state index contributed by atoms with van der Waals surface area (Å²) in [6.45, 7) is 10.3. The second kappa shape index (κ2) is 10.3. The maximum Gasteiger partial charge on any atom is 0.252 e. The van der Waals surface area contributed by atoms with Crippen molar-refractivity contribution in [2.75, 3.05) is 24.7 Å². The number of amides is 2. The van der Waals surface area contributed by atoms with Gasteiger partial charge in [0.2, 0.25) is 15.9 Å². The molecule has 2 heterocycles. The van der Waals surface area contributed by atoms with Crippen LogP contribution in [0.25, 0.3) is 0 Å². The van der Waals surface area contributed by atoms with Crippen molar-refractivity contribution in [3.05, 3.63) is 52.6 Å². The Hall–Kier alpha value is -2.75. The van der Waals surface area contributed by atoms with E-state index in [2.05, 4.69) is 0 Å². The third-order valence-corrected chi connectivity index (χ3v) is 9.30. The molecular formula is C27H34N2O6S. The first kappa shape index (κ1) is 26.3. The van der Waals surface area contributed by atoms with Gasteiger partial charge in [-0.2, -0.15) is 4.31 Å². The van der Waals surface area contributed by atoms with Crippen molar-refractivity contribution in [3.8, 4) is 5.75 Å². The molecule has 2 unspecified atom stereocenters. The summed E-state index contributed by atoms with van der Waals surface area (Å²) < 4.78 is 40.9. The molecule has 0 bridgehead atoms. The highest BCUT2D eigenvalue weighted by atomic mass is 32.2. The van der Waals surface area contributed by atoms with Gasteiger partial charge in [-0.25, -0.2) is 13.3 Å². The van der Waals surface area contributed by atoms with Gasteiger partial charge in [0.25, 0.3) is 5.91 Å². The molecule has 194 valence electrons. The third-order valence-electron chi connectivity index (χ3n) is 7.15. The van der Waals surface area contributed by atoms with Gasteiger partial charge in [-0.1, -0.05) is 6.07 Å². The summed E-state index contributed by atoms with van der Waals surface area (Å²) in [4.78, 5) is 28.0. The van der Waals surface area contributed by atoms with Crippen molar-refractivity contribution in [3.63, 3.8) is 0 Å². The molecule has 2 aliphatic heterocycles. The van der Waals surface area contributed by atoms with E-state index in [4.69, 9.17) is 9.47 Å². The van der Waals surface area contributed by atoms with Crippen molar-refractivity contribution in [2.24, 2.45) is 0 Å². The molecule has 8 nitrogen and oxygen atoms in total. The van der Waals surface area contributed by atoms with Gasteiger partial charge in [0.1, 0.15) is 11.8 Å². The molecule has 2 aromatic carbocycles. The number of carbonyl (C=O) groups excluding carboxylic acids is 2. The van der Waals surface area contributed by atoms with Gasteiger partial charge in [-0.05, 0) is 94.0 Å². The SMILES string of the molecule is CCOc1ccc(N2C(=O)CC(N(CC3CCCO3)S(=O)(=O)c3c(C)c(C)cc(C)c3C)C2=O)cc1. The minimum Gasteiger partial charge on any atom is -0.494 e. The molecule has 0 radical (unpaired) electrons. The van der Waals surface area contributed by atoms with E-state index in [-0.39, 0.29) is 24.0 Å². The second-order valence-electron chi connectivity index (χ2n) is 9.51. The Morgan fingerprint density at radius 1 is 1.06 bits per heavy atom. The molecule has 0 spiro atoms. The first-order chi connectivity index (χ1) is 17.1. The molecule has 0 aliphatic carbocycles. The van der Waals surface area contributed by atoms with Crippen LogP contribution >= 0.6 is 0 Å².